The van der Waals surface area contributed by atoms with E-state index in [4.69, 9.17) is 4.74 Å². The molecule has 26 heavy (non-hydrogen) atoms. The topological polar surface area (TPSA) is 58.6 Å². The first-order valence-corrected chi connectivity index (χ1v) is 8.48. The number of amides is 2. The lowest BCUT2D eigenvalue weighted by atomic mass is 10.0. The summed E-state index contributed by atoms with van der Waals surface area (Å²) in [5.41, 5.74) is 1.40. The van der Waals surface area contributed by atoms with Crippen LogP contribution in [0.4, 0.5) is 10.1 Å². The number of nitrogens with one attached hydrogen (secondary N) is 1. The zero-order valence-corrected chi connectivity index (χ0v) is 14.7. The number of carbonyl (C=O) groups excluding carboxylic acids is 2. The fourth-order valence-corrected chi connectivity index (χ4v) is 3.10. The van der Waals surface area contributed by atoms with Gasteiger partial charge in [-0.2, -0.15) is 0 Å². The van der Waals surface area contributed by atoms with E-state index in [2.05, 4.69) is 5.32 Å². The molecular weight excluding hydrogens is 335 g/mol. The van der Waals surface area contributed by atoms with Gasteiger partial charge in [0.25, 0.3) is 0 Å². The normalized spacial score (nSPS) is 17.9. The van der Waals surface area contributed by atoms with Crippen molar-refractivity contribution in [2.75, 3.05) is 18.6 Å². The minimum atomic E-state index is -0.440. The second-order valence-corrected chi connectivity index (χ2v) is 6.39. The fraction of sp³-hybridized carbons (Fsp3) is 0.300. The van der Waals surface area contributed by atoms with Crippen LogP contribution in [0, 0.1) is 11.7 Å². The highest BCUT2D eigenvalue weighted by Gasteiger charge is 2.35. The highest BCUT2D eigenvalue weighted by Crippen LogP contribution is 2.28. The Bertz CT molecular complexity index is 824. The smallest absolute Gasteiger partial charge is 0.227 e. The van der Waals surface area contributed by atoms with E-state index in [1.54, 1.807) is 49.3 Å². The molecule has 1 saturated heterocycles. The van der Waals surface area contributed by atoms with Crippen LogP contribution in [0.3, 0.4) is 0 Å². The largest absolute Gasteiger partial charge is 0.497 e. The van der Waals surface area contributed by atoms with Crippen molar-refractivity contribution in [1.82, 2.24) is 5.32 Å². The molecule has 0 aromatic heterocycles. The van der Waals surface area contributed by atoms with Crippen LogP contribution in [-0.4, -0.2) is 25.5 Å². The van der Waals surface area contributed by atoms with Crippen LogP contribution in [0.1, 0.15) is 24.9 Å². The molecule has 0 aliphatic carbocycles. The van der Waals surface area contributed by atoms with Crippen LogP contribution in [0.5, 0.6) is 5.75 Å². The van der Waals surface area contributed by atoms with Crippen LogP contribution < -0.4 is 15.0 Å². The summed E-state index contributed by atoms with van der Waals surface area (Å²) in [4.78, 5) is 26.5. The Labute approximate surface area is 151 Å². The van der Waals surface area contributed by atoms with Crippen molar-refractivity contribution in [3.8, 4) is 5.75 Å². The first-order valence-electron chi connectivity index (χ1n) is 8.48. The molecule has 0 radical (unpaired) electrons. The van der Waals surface area contributed by atoms with Gasteiger partial charge in [-0.15, -0.1) is 0 Å². The van der Waals surface area contributed by atoms with Crippen LogP contribution in [0.15, 0.2) is 48.5 Å². The molecule has 1 N–H and O–H groups in total. The number of carbonyl (C=O) groups is 2. The van der Waals surface area contributed by atoms with E-state index in [9.17, 15) is 14.0 Å². The van der Waals surface area contributed by atoms with E-state index in [0.29, 0.717) is 23.5 Å². The van der Waals surface area contributed by atoms with Gasteiger partial charge < -0.3 is 15.0 Å². The highest BCUT2D eigenvalue weighted by atomic mass is 19.1. The quantitative estimate of drug-likeness (QED) is 0.896. The van der Waals surface area contributed by atoms with Crippen LogP contribution >= 0.6 is 0 Å². The van der Waals surface area contributed by atoms with Gasteiger partial charge >= 0.3 is 0 Å². The molecule has 3 rings (SSSR count). The number of rotatable bonds is 5. The Kier molecular flexibility index (Phi) is 5.21. The lowest BCUT2D eigenvalue weighted by Crippen LogP contribution is -2.34. The zero-order valence-electron chi connectivity index (χ0n) is 14.7. The van der Waals surface area contributed by atoms with Crippen molar-refractivity contribution in [3.05, 3.63) is 59.9 Å². The predicted octanol–water partition coefficient (Wildman–Crippen LogP) is 3.06. The second-order valence-electron chi connectivity index (χ2n) is 6.39. The molecule has 1 heterocycles. The average molecular weight is 356 g/mol. The molecule has 2 aromatic rings. The molecule has 5 nitrogen and oxygen atoms in total. The molecule has 2 atom stereocenters. The third-order valence-corrected chi connectivity index (χ3v) is 4.57. The van der Waals surface area contributed by atoms with Gasteiger partial charge in [-0.3, -0.25) is 9.59 Å². The van der Waals surface area contributed by atoms with Crippen molar-refractivity contribution in [2.45, 2.75) is 19.4 Å². The van der Waals surface area contributed by atoms with Crippen molar-refractivity contribution in [3.63, 3.8) is 0 Å². The van der Waals surface area contributed by atoms with Crippen molar-refractivity contribution >= 4 is 17.5 Å². The minimum Gasteiger partial charge on any atom is -0.497 e. The predicted molar refractivity (Wildman–Crippen MR) is 96.4 cm³/mol. The molecular formula is C20H21FN2O3. The van der Waals surface area contributed by atoms with E-state index < -0.39 is 5.92 Å². The summed E-state index contributed by atoms with van der Waals surface area (Å²) in [5.74, 6) is -0.436. The molecule has 2 aromatic carbocycles. The summed E-state index contributed by atoms with van der Waals surface area (Å²) in [7, 11) is 1.56. The van der Waals surface area contributed by atoms with Gasteiger partial charge in [0, 0.05) is 24.7 Å². The standard InChI is InChI=1S/C20H21FN2O3/c1-13(14-5-3-6-16(21)9-14)22-20(25)15-10-19(24)23(12-15)17-7-4-8-18(11-17)26-2/h3-9,11,13,15H,10,12H2,1-2H3,(H,22,25)/t13-,15+/m0/s1. The molecule has 0 saturated carbocycles. The van der Waals surface area contributed by atoms with Gasteiger partial charge in [-0.1, -0.05) is 18.2 Å². The first kappa shape index (κ1) is 17.9. The van der Waals surface area contributed by atoms with Crippen molar-refractivity contribution in [1.29, 1.82) is 0 Å². The molecule has 136 valence electrons. The Morgan fingerprint density at radius 1 is 1.27 bits per heavy atom. The van der Waals surface area contributed by atoms with Gasteiger partial charge in [0.1, 0.15) is 11.6 Å². The van der Waals surface area contributed by atoms with Gasteiger partial charge in [0.15, 0.2) is 0 Å². The van der Waals surface area contributed by atoms with Gasteiger partial charge in [-0.25, -0.2) is 4.39 Å². The average Bonchev–Trinajstić information content (AvgIpc) is 3.03. The number of halogens is 1. The Morgan fingerprint density at radius 3 is 2.77 bits per heavy atom. The number of methoxy groups -OCH3 is 1. The van der Waals surface area contributed by atoms with Gasteiger partial charge in [0.2, 0.25) is 11.8 Å². The van der Waals surface area contributed by atoms with Crippen LogP contribution in [-0.2, 0) is 9.59 Å². The molecule has 0 spiro atoms. The summed E-state index contributed by atoms with van der Waals surface area (Å²) in [6, 6.07) is 13.0. The number of hydrogen-bond acceptors (Lipinski definition) is 3. The summed E-state index contributed by atoms with van der Waals surface area (Å²) in [6.07, 6.45) is 0.152. The van der Waals surface area contributed by atoms with E-state index in [-0.39, 0.29) is 30.1 Å². The maximum absolute atomic E-state index is 13.3. The third kappa shape index (κ3) is 3.85. The number of ether oxygens (including phenoxy) is 1. The summed E-state index contributed by atoms with van der Waals surface area (Å²) < 4.78 is 18.5. The Morgan fingerprint density at radius 2 is 2.04 bits per heavy atom. The van der Waals surface area contributed by atoms with E-state index >= 15 is 0 Å². The summed E-state index contributed by atoms with van der Waals surface area (Å²) in [5, 5.41) is 2.87. The number of benzene rings is 2. The monoisotopic (exact) mass is 356 g/mol. The maximum atomic E-state index is 13.3. The fourth-order valence-electron chi connectivity index (χ4n) is 3.10. The summed E-state index contributed by atoms with van der Waals surface area (Å²) in [6.45, 7) is 2.11. The molecule has 1 aliphatic heterocycles. The molecule has 1 aliphatic rings. The van der Waals surface area contributed by atoms with E-state index in [1.165, 1.54) is 12.1 Å². The number of nitrogens with zero attached hydrogens (tertiary/aromatic N) is 1. The van der Waals surface area contributed by atoms with Crippen LogP contribution in [0.2, 0.25) is 0 Å². The van der Waals surface area contributed by atoms with Crippen molar-refractivity contribution < 1.29 is 18.7 Å². The second kappa shape index (κ2) is 7.56. The zero-order chi connectivity index (χ0) is 18.7. The molecule has 2 amide bonds. The maximum Gasteiger partial charge on any atom is 0.227 e. The number of hydrogen-bond donors (Lipinski definition) is 1. The van der Waals surface area contributed by atoms with Gasteiger partial charge in [0.05, 0.1) is 19.1 Å². The molecule has 0 unspecified atom stereocenters. The molecule has 1 fully saturated rings. The Balaban J connectivity index is 1.67. The van der Waals surface area contributed by atoms with E-state index in [0.717, 1.165) is 0 Å². The van der Waals surface area contributed by atoms with Crippen molar-refractivity contribution in [2.24, 2.45) is 5.92 Å². The van der Waals surface area contributed by atoms with Gasteiger partial charge in [-0.05, 0) is 36.8 Å². The molecule has 0 bridgehead atoms. The Hall–Kier alpha value is -2.89. The first-order chi connectivity index (χ1) is 12.5. The lowest BCUT2D eigenvalue weighted by Gasteiger charge is -2.19. The third-order valence-electron chi connectivity index (χ3n) is 4.57. The lowest BCUT2D eigenvalue weighted by molar-refractivity contribution is -0.126. The highest BCUT2D eigenvalue weighted by molar-refractivity contribution is 6.00. The number of anilines is 1. The minimum absolute atomic E-state index is 0.100. The molecule has 6 heteroatoms. The SMILES string of the molecule is COc1cccc(N2C[C@H](C(=O)N[C@@H](C)c3cccc(F)c3)CC2=O)c1. The van der Waals surface area contributed by atoms with E-state index in [1.807, 2.05) is 6.07 Å². The van der Waals surface area contributed by atoms with Crippen LogP contribution in [0.25, 0.3) is 0 Å². The summed E-state index contributed by atoms with van der Waals surface area (Å²) >= 11 is 0.